The van der Waals surface area contributed by atoms with Gasteiger partial charge in [0.05, 0.1) is 6.33 Å². The Morgan fingerprint density at radius 3 is 2.75 bits per heavy atom. The lowest BCUT2D eigenvalue weighted by Gasteiger charge is -2.31. The third-order valence-electron chi connectivity index (χ3n) is 4.58. The summed E-state index contributed by atoms with van der Waals surface area (Å²) in [7, 11) is 1.66. The molecule has 0 radical (unpaired) electrons. The highest BCUT2D eigenvalue weighted by molar-refractivity contribution is 7.15. The van der Waals surface area contributed by atoms with E-state index in [0.29, 0.717) is 12.5 Å². The number of nitrogens with zero attached hydrogens (tertiary/aromatic N) is 5. The Kier molecular flexibility index (Phi) is 5.25. The lowest BCUT2D eigenvalue weighted by molar-refractivity contribution is 0.184. The molecule has 1 fully saturated rings. The van der Waals surface area contributed by atoms with E-state index in [1.54, 1.807) is 29.3 Å². The van der Waals surface area contributed by atoms with Crippen molar-refractivity contribution in [1.29, 1.82) is 0 Å². The van der Waals surface area contributed by atoms with Crippen LogP contribution in [0.4, 0.5) is 5.13 Å². The number of anilines is 1. The number of methoxy groups -OCH3 is 1. The first-order valence-corrected chi connectivity index (χ1v) is 8.99. The second-order valence-electron chi connectivity index (χ2n) is 6.25. The first-order chi connectivity index (χ1) is 11.6. The van der Waals surface area contributed by atoms with Crippen molar-refractivity contribution in [3.05, 3.63) is 32.9 Å². The predicted octanol–water partition coefficient (Wildman–Crippen LogP) is 1.77. The van der Waals surface area contributed by atoms with Gasteiger partial charge in [-0.1, -0.05) is 11.3 Å². The van der Waals surface area contributed by atoms with Crippen LogP contribution in [0.5, 0.6) is 0 Å². The molecule has 0 aliphatic carbocycles. The number of ether oxygens (including phenoxy) is 1. The number of hydrogen-bond acceptors (Lipinski definition) is 7. The molecule has 0 N–H and O–H groups in total. The first-order valence-electron chi connectivity index (χ1n) is 8.17. The minimum atomic E-state index is 0.0817. The third kappa shape index (κ3) is 3.64. The van der Waals surface area contributed by atoms with Gasteiger partial charge in [-0.2, -0.15) is 0 Å². The maximum atomic E-state index is 12.3. The first kappa shape index (κ1) is 17.0. The average Bonchev–Trinajstić information content (AvgIpc) is 3.05. The van der Waals surface area contributed by atoms with Gasteiger partial charge in [0.25, 0.3) is 5.56 Å². The van der Waals surface area contributed by atoms with E-state index in [1.807, 2.05) is 13.8 Å². The minimum absolute atomic E-state index is 0.0817. The van der Waals surface area contributed by atoms with Gasteiger partial charge >= 0.3 is 0 Å². The van der Waals surface area contributed by atoms with Crippen molar-refractivity contribution in [3.63, 3.8) is 0 Å². The van der Waals surface area contributed by atoms with Crippen molar-refractivity contribution in [2.45, 2.75) is 39.8 Å². The molecule has 3 rings (SSSR count). The summed E-state index contributed by atoms with van der Waals surface area (Å²) >= 11 is 1.59. The molecule has 24 heavy (non-hydrogen) atoms. The van der Waals surface area contributed by atoms with E-state index in [1.165, 1.54) is 0 Å². The van der Waals surface area contributed by atoms with Crippen LogP contribution in [0.3, 0.4) is 0 Å². The van der Waals surface area contributed by atoms with Crippen molar-refractivity contribution in [3.8, 4) is 0 Å². The molecular formula is C16H23N5O2S. The Balaban J connectivity index is 1.59. The second kappa shape index (κ2) is 7.40. The fourth-order valence-corrected chi connectivity index (χ4v) is 3.81. The van der Waals surface area contributed by atoms with Crippen LogP contribution in [0.1, 0.15) is 29.1 Å². The lowest BCUT2D eigenvalue weighted by Crippen LogP contribution is -2.36. The normalized spacial score (nSPS) is 15.9. The quantitative estimate of drug-likeness (QED) is 0.819. The molecule has 0 bridgehead atoms. The van der Waals surface area contributed by atoms with Gasteiger partial charge in [0.15, 0.2) is 0 Å². The van der Waals surface area contributed by atoms with E-state index < -0.39 is 0 Å². The fraction of sp³-hybridized carbons (Fsp3) is 0.625. The van der Waals surface area contributed by atoms with E-state index in [2.05, 4.69) is 20.1 Å². The van der Waals surface area contributed by atoms with Crippen molar-refractivity contribution >= 4 is 16.5 Å². The van der Waals surface area contributed by atoms with Crippen molar-refractivity contribution < 1.29 is 4.74 Å². The topological polar surface area (TPSA) is 73.1 Å². The summed E-state index contributed by atoms with van der Waals surface area (Å²) in [5, 5.41) is 10.3. The SMILES string of the molecule is COCc1nnc(N2CCC(Cn3cnc(C)c(C)c3=O)CC2)s1. The van der Waals surface area contributed by atoms with Crippen molar-refractivity contribution in [2.24, 2.45) is 5.92 Å². The van der Waals surface area contributed by atoms with Gasteiger partial charge in [-0.15, -0.1) is 10.2 Å². The van der Waals surface area contributed by atoms with Gasteiger partial charge in [0.1, 0.15) is 11.6 Å². The zero-order valence-corrected chi connectivity index (χ0v) is 15.2. The number of hydrogen-bond donors (Lipinski definition) is 0. The third-order valence-corrected chi connectivity index (χ3v) is 5.54. The Labute approximate surface area is 145 Å². The molecule has 2 aromatic rings. The van der Waals surface area contributed by atoms with Crippen LogP contribution in [-0.4, -0.2) is 39.9 Å². The highest BCUT2D eigenvalue weighted by Gasteiger charge is 2.22. The molecule has 0 aromatic carbocycles. The zero-order valence-electron chi connectivity index (χ0n) is 14.4. The molecule has 7 nitrogen and oxygen atoms in total. The summed E-state index contributed by atoms with van der Waals surface area (Å²) in [6.07, 6.45) is 3.76. The molecule has 1 aliphatic rings. The molecule has 1 saturated heterocycles. The monoisotopic (exact) mass is 349 g/mol. The Bertz CT molecular complexity index is 749. The number of aromatic nitrogens is 4. The molecular weight excluding hydrogens is 326 g/mol. The van der Waals surface area contributed by atoms with Crippen LogP contribution < -0.4 is 10.5 Å². The number of rotatable bonds is 5. The van der Waals surface area contributed by atoms with E-state index in [-0.39, 0.29) is 5.56 Å². The maximum Gasteiger partial charge on any atom is 0.256 e. The van der Waals surface area contributed by atoms with Crippen LogP contribution in [0, 0.1) is 19.8 Å². The molecule has 3 heterocycles. The summed E-state index contributed by atoms with van der Waals surface area (Å²) in [6.45, 7) is 6.86. The van der Waals surface area contributed by atoms with Crippen molar-refractivity contribution in [1.82, 2.24) is 19.7 Å². The molecule has 130 valence electrons. The molecule has 0 spiro atoms. The minimum Gasteiger partial charge on any atom is -0.377 e. The van der Waals surface area contributed by atoms with E-state index >= 15 is 0 Å². The summed E-state index contributed by atoms with van der Waals surface area (Å²) < 4.78 is 6.85. The fourth-order valence-electron chi connectivity index (χ4n) is 2.95. The van der Waals surface area contributed by atoms with Gasteiger partial charge in [-0.05, 0) is 32.6 Å². The highest BCUT2D eigenvalue weighted by Crippen LogP contribution is 2.26. The largest absolute Gasteiger partial charge is 0.377 e. The molecule has 2 aromatic heterocycles. The smallest absolute Gasteiger partial charge is 0.256 e. The van der Waals surface area contributed by atoms with Crippen LogP contribution >= 0.6 is 11.3 Å². The zero-order chi connectivity index (χ0) is 17.1. The molecule has 1 aliphatic heterocycles. The number of piperidine rings is 1. The van der Waals surface area contributed by atoms with Crippen LogP contribution in [-0.2, 0) is 17.9 Å². The maximum absolute atomic E-state index is 12.3. The predicted molar refractivity (Wildman–Crippen MR) is 93.5 cm³/mol. The Morgan fingerprint density at radius 1 is 1.29 bits per heavy atom. The van der Waals surface area contributed by atoms with E-state index in [0.717, 1.165) is 53.9 Å². The molecule has 8 heteroatoms. The summed E-state index contributed by atoms with van der Waals surface area (Å²) in [6, 6.07) is 0. The Hall–Kier alpha value is -1.80. The van der Waals surface area contributed by atoms with E-state index in [9.17, 15) is 4.79 Å². The van der Waals surface area contributed by atoms with Gasteiger partial charge in [0, 0.05) is 38.0 Å². The van der Waals surface area contributed by atoms with Crippen LogP contribution in [0.25, 0.3) is 0 Å². The lowest BCUT2D eigenvalue weighted by atomic mass is 9.97. The number of aryl methyl sites for hydroxylation is 1. The second-order valence-corrected chi connectivity index (χ2v) is 7.29. The van der Waals surface area contributed by atoms with Gasteiger partial charge in [0.2, 0.25) is 5.13 Å². The molecule has 0 saturated carbocycles. The Morgan fingerprint density at radius 2 is 2.04 bits per heavy atom. The van der Waals surface area contributed by atoms with Crippen LogP contribution in [0.2, 0.25) is 0 Å². The highest BCUT2D eigenvalue weighted by atomic mass is 32.1. The summed E-state index contributed by atoms with van der Waals surface area (Å²) in [4.78, 5) is 18.9. The molecule has 0 unspecified atom stereocenters. The van der Waals surface area contributed by atoms with Crippen molar-refractivity contribution in [2.75, 3.05) is 25.1 Å². The summed E-state index contributed by atoms with van der Waals surface area (Å²) in [5.74, 6) is 0.495. The van der Waals surface area contributed by atoms with Gasteiger partial charge in [-0.3, -0.25) is 9.36 Å². The van der Waals surface area contributed by atoms with E-state index in [4.69, 9.17) is 4.74 Å². The standard InChI is InChI=1S/C16H23N5O2S/c1-11-12(2)17-10-21(15(11)22)8-13-4-6-20(7-5-13)16-19-18-14(24-16)9-23-3/h10,13H,4-9H2,1-3H3. The molecule has 0 amide bonds. The van der Waals surface area contributed by atoms with Crippen LogP contribution in [0.15, 0.2) is 11.1 Å². The van der Waals surface area contributed by atoms with Gasteiger partial charge in [-0.25, -0.2) is 4.98 Å². The van der Waals surface area contributed by atoms with Gasteiger partial charge < -0.3 is 9.64 Å². The summed E-state index contributed by atoms with van der Waals surface area (Å²) in [5.41, 5.74) is 1.64. The molecule has 0 atom stereocenters. The average molecular weight is 349 g/mol.